The second kappa shape index (κ2) is 7.53. The standard InChI is InChI=1S/C17H35N/c1-7-13(3)10-9-11-14(4)12-15(5)17-16(6)18(17)8-2/h13-17H,7-12H2,1-6H3. The summed E-state index contributed by atoms with van der Waals surface area (Å²) in [7, 11) is 0. The van der Waals surface area contributed by atoms with Crippen molar-refractivity contribution >= 4 is 0 Å². The van der Waals surface area contributed by atoms with Crippen LogP contribution in [0.25, 0.3) is 0 Å². The molecular formula is C17H35N. The van der Waals surface area contributed by atoms with Gasteiger partial charge in [-0.15, -0.1) is 0 Å². The summed E-state index contributed by atoms with van der Waals surface area (Å²) in [5.41, 5.74) is 0. The number of hydrogen-bond acceptors (Lipinski definition) is 1. The maximum Gasteiger partial charge on any atom is 0.0278 e. The molecule has 6 atom stereocenters. The topological polar surface area (TPSA) is 3.01 Å². The quantitative estimate of drug-likeness (QED) is 0.525. The smallest absolute Gasteiger partial charge is 0.0278 e. The summed E-state index contributed by atoms with van der Waals surface area (Å²) in [6.45, 7) is 15.5. The number of hydrogen-bond donors (Lipinski definition) is 0. The lowest BCUT2D eigenvalue weighted by Gasteiger charge is -2.18. The van der Waals surface area contributed by atoms with Crippen LogP contribution in [0.1, 0.15) is 73.6 Å². The van der Waals surface area contributed by atoms with Gasteiger partial charge in [-0.3, -0.25) is 4.90 Å². The summed E-state index contributed by atoms with van der Waals surface area (Å²) >= 11 is 0. The molecule has 0 bridgehead atoms. The van der Waals surface area contributed by atoms with Crippen molar-refractivity contribution in [2.45, 2.75) is 85.7 Å². The van der Waals surface area contributed by atoms with Gasteiger partial charge < -0.3 is 0 Å². The van der Waals surface area contributed by atoms with Crippen molar-refractivity contribution in [3.8, 4) is 0 Å². The molecular weight excluding hydrogens is 218 g/mol. The molecule has 1 aliphatic heterocycles. The van der Waals surface area contributed by atoms with Crippen LogP contribution < -0.4 is 0 Å². The SMILES string of the molecule is CCC(C)CCCC(C)CC(C)C1C(C)N1CC. The summed E-state index contributed by atoms with van der Waals surface area (Å²) in [6, 6.07) is 1.73. The van der Waals surface area contributed by atoms with E-state index in [0.29, 0.717) is 0 Å². The molecule has 0 aromatic carbocycles. The highest BCUT2D eigenvalue weighted by Crippen LogP contribution is 2.37. The summed E-state index contributed by atoms with van der Waals surface area (Å²) in [6.07, 6.45) is 7.06. The van der Waals surface area contributed by atoms with Gasteiger partial charge in [-0.25, -0.2) is 0 Å². The fraction of sp³-hybridized carbons (Fsp3) is 1.00. The van der Waals surface area contributed by atoms with Gasteiger partial charge >= 0.3 is 0 Å². The Balaban J connectivity index is 2.14. The molecule has 0 spiro atoms. The molecule has 1 nitrogen and oxygen atoms in total. The van der Waals surface area contributed by atoms with Crippen LogP contribution in [0.2, 0.25) is 0 Å². The molecule has 1 heteroatoms. The van der Waals surface area contributed by atoms with Gasteiger partial charge in [-0.05, 0) is 37.6 Å². The van der Waals surface area contributed by atoms with Gasteiger partial charge in [0.05, 0.1) is 0 Å². The van der Waals surface area contributed by atoms with E-state index in [1.54, 1.807) is 0 Å². The zero-order valence-corrected chi connectivity index (χ0v) is 13.6. The van der Waals surface area contributed by atoms with E-state index >= 15 is 0 Å². The van der Waals surface area contributed by atoms with Crippen molar-refractivity contribution in [2.24, 2.45) is 17.8 Å². The Morgan fingerprint density at radius 2 is 1.61 bits per heavy atom. The second-order valence-corrected chi connectivity index (χ2v) is 6.82. The van der Waals surface area contributed by atoms with E-state index in [0.717, 1.165) is 29.8 Å². The summed E-state index contributed by atoms with van der Waals surface area (Å²) in [4.78, 5) is 2.64. The van der Waals surface area contributed by atoms with E-state index in [1.165, 1.54) is 38.6 Å². The zero-order valence-electron chi connectivity index (χ0n) is 13.6. The Labute approximate surface area is 115 Å². The van der Waals surface area contributed by atoms with E-state index in [-0.39, 0.29) is 0 Å². The second-order valence-electron chi connectivity index (χ2n) is 6.82. The fourth-order valence-corrected chi connectivity index (χ4v) is 3.65. The molecule has 1 heterocycles. The van der Waals surface area contributed by atoms with Crippen LogP contribution in [0.3, 0.4) is 0 Å². The van der Waals surface area contributed by atoms with Crippen LogP contribution in [0.5, 0.6) is 0 Å². The van der Waals surface area contributed by atoms with Crippen LogP contribution in [0.4, 0.5) is 0 Å². The molecule has 108 valence electrons. The van der Waals surface area contributed by atoms with Gasteiger partial charge in [0.1, 0.15) is 0 Å². The highest BCUT2D eigenvalue weighted by atomic mass is 15.3. The van der Waals surface area contributed by atoms with E-state index < -0.39 is 0 Å². The van der Waals surface area contributed by atoms with Crippen LogP contribution in [-0.4, -0.2) is 23.5 Å². The highest BCUT2D eigenvalue weighted by molar-refractivity contribution is 5.01. The lowest BCUT2D eigenvalue weighted by molar-refractivity contribution is 0.337. The zero-order chi connectivity index (χ0) is 13.7. The number of rotatable bonds is 9. The first-order valence-corrected chi connectivity index (χ1v) is 8.26. The van der Waals surface area contributed by atoms with Gasteiger partial charge in [0.15, 0.2) is 0 Å². The first kappa shape index (κ1) is 16.0. The molecule has 0 radical (unpaired) electrons. The van der Waals surface area contributed by atoms with Crippen molar-refractivity contribution in [1.29, 1.82) is 0 Å². The number of nitrogens with zero attached hydrogens (tertiary/aromatic N) is 1. The lowest BCUT2D eigenvalue weighted by atomic mass is 9.89. The highest BCUT2D eigenvalue weighted by Gasteiger charge is 2.45. The van der Waals surface area contributed by atoms with Crippen LogP contribution in [0, 0.1) is 17.8 Å². The van der Waals surface area contributed by atoms with Crippen LogP contribution in [0.15, 0.2) is 0 Å². The first-order chi connectivity index (χ1) is 8.51. The van der Waals surface area contributed by atoms with E-state index in [4.69, 9.17) is 0 Å². The molecule has 0 aromatic rings. The largest absolute Gasteiger partial charge is 0.295 e. The lowest BCUT2D eigenvalue weighted by Crippen LogP contribution is -2.14. The third-order valence-corrected chi connectivity index (χ3v) is 5.12. The molecule has 1 rings (SSSR count). The third kappa shape index (κ3) is 4.57. The normalized spacial score (nSPS) is 32.0. The summed E-state index contributed by atoms with van der Waals surface area (Å²) < 4.78 is 0. The minimum Gasteiger partial charge on any atom is -0.295 e. The maximum atomic E-state index is 2.64. The average Bonchev–Trinajstić information content (AvgIpc) is 2.99. The molecule has 0 amide bonds. The van der Waals surface area contributed by atoms with Crippen LogP contribution in [-0.2, 0) is 0 Å². The van der Waals surface area contributed by atoms with Gasteiger partial charge in [0.2, 0.25) is 0 Å². The minimum absolute atomic E-state index is 0.845. The Morgan fingerprint density at radius 1 is 1.00 bits per heavy atom. The maximum absolute atomic E-state index is 2.64. The fourth-order valence-electron chi connectivity index (χ4n) is 3.65. The Bertz CT molecular complexity index is 226. The predicted octanol–water partition coefficient (Wildman–Crippen LogP) is 4.96. The number of likely N-dealkylation sites (N-methyl/N-ethyl adjacent to an activating group) is 1. The van der Waals surface area contributed by atoms with E-state index in [9.17, 15) is 0 Å². The first-order valence-electron chi connectivity index (χ1n) is 8.26. The van der Waals surface area contributed by atoms with Crippen molar-refractivity contribution in [3.63, 3.8) is 0 Å². The van der Waals surface area contributed by atoms with Crippen molar-refractivity contribution in [2.75, 3.05) is 6.54 Å². The Hall–Kier alpha value is -0.0400. The molecule has 0 aromatic heterocycles. The molecule has 1 saturated heterocycles. The van der Waals surface area contributed by atoms with Gasteiger partial charge in [0, 0.05) is 12.1 Å². The molecule has 1 fully saturated rings. The predicted molar refractivity (Wildman–Crippen MR) is 81.9 cm³/mol. The minimum atomic E-state index is 0.845. The van der Waals surface area contributed by atoms with Gasteiger partial charge in [-0.1, -0.05) is 60.3 Å². The average molecular weight is 253 g/mol. The molecule has 18 heavy (non-hydrogen) atoms. The Kier molecular flexibility index (Phi) is 6.70. The molecule has 6 unspecified atom stereocenters. The molecule has 0 saturated carbocycles. The van der Waals surface area contributed by atoms with E-state index in [2.05, 4.69) is 46.4 Å². The third-order valence-electron chi connectivity index (χ3n) is 5.12. The molecule has 1 aliphatic rings. The van der Waals surface area contributed by atoms with Gasteiger partial charge in [0.25, 0.3) is 0 Å². The van der Waals surface area contributed by atoms with Crippen molar-refractivity contribution in [3.05, 3.63) is 0 Å². The molecule has 0 aliphatic carbocycles. The molecule has 0 N–H and O–H groups in total. The summed E-state index contributed by atoms with van der Waals surface area (Å²) in [5.74, 6) is 2.72. The Morgan fingerprint density at radius 3 is 2.11 bits per heavy atom. The monoisotopic (exact) mass is 253 g/mol. The van der Waals surface area contributed by atoms with Crippen molar-refractivity contribution in [1.82, 2.24) is 4.90 Å². The summed E-state index contributed by atoms with van der Waals surface area (Å²) in [5, 5.41) is 0. The van der Waals surface area contributed by atoms with E-state index in [1.807, 2.05) is 0 Å². The van der Waals surface area contributed by atoms with Crippen molar-refractivity contribution < 1.29 is 0 Å². The van der Waals surface area contributed by atoms with Crippen LogP contribution >= 0.6 is 0 Å². The van der Waals surface area contributed by atoms with Gasteiger partial charge in [-0.2, -0.15) is 0 Å².